The number of likely N-dealkylation sites (tertiary alicyclic amines) is 1. The molecule has 1 saturated heterocycles. The summed E-state index contributed by atoms with van der Waals surface area (Å²) in [7, 11) is 0. The van der Waals surface area contributed by atoms with Gasteiger partial charge < -0.3 is 15.0 Å². The van der Waals surface area contributed by atoms with Crippen molar-refractivity contribution in [1.29, 1.82) is 0 Å². The first-order valence-corrected chi connectivity index (χ1v) is 7.72. The molecule has 0 amide bonds. The molecule has 21 heavy (non-hydrogen) atoms. The van der Waals surface area contributed by atoms with Crippen molar-refractivity contribution in [3.05, 3.63) is 29.8 Å². The van der Waals surface area contributed by atoms with Crippen molar-refractivity contribution in [2.24, 2.45) is 0 Å². The van der Waals surface area contributed by atoms with Crippen molar-refractivity contribution >= 4 is 0 Å². The van der Waals surface area contributed by atoms with E-state index in [4.69, 9.17) is 0 Å². The van der Waals surface area contributed by atoms with Crippen LogP contribution in [0, 0.1) is 0 Å². The summed E-state index contributed by atoms with van der Waals surface area (Å²) in [6.45, 7) is 0.418. The van der Waals surface area contributed by atoms with E-state index in [1.165, 1.54) is 38.8 Å². The van der Waals surface area contributed by atoms with Crippen LogP contribution in [0.5, 0.6) is 5.75 Å². The normalized spacial score (nSPS) is 20.9. The molecule has 0 radical (unpaired) electrons. The molecule has 116 valence electrons. The molecule has 1 N–H and O–H groups in total. The number of nitrogens with zero attached hydrogens (tertiary/aromatic N) is 1. The average Bonchev–Trinajstić information content (AvgIpc) is 3.31. The number of hydrogen-bond acceptors (Lipinski definition) is 3. The monoisotopic (exact) mass is 296 g/mol. The Morgan fingerprint density at radius 3 is 2.33 bits per heavy atom. The van der Waals surface area contributed by atoms with E-state index in [1.54, 1.807) is 12.1 Å². The second kappa shape index (κ2) is 6.71. The van der Waals surface area contributed by atoms with Gasteiger partial charge in [-0.15, -0.1) is 0 Å². The molecule has 1 heterocycles. The van der Waals surface area contributed by atoms with E-state index < -0.39 is 6.61 Å². The van der Waals surface area contributed by atoms with Crippen LogP contribution in [0.1, 0.15) is 31.2 Å². The van der Waals surface area contributed by atoms with Gasteiger partial charge in [0.1, 0.15) is 5.75 Å². The standard InChI is InChI=1S/C16H22F2N2O/c17-16(18)21-15-5-1-12(2-6-15)11-19-13-7-9-20(10-8-13)14-3-4-14/h1-2,5-6,13-14,16,19H,3-4,7-11H2. The van der Waals surface area contributed by atoms with Gasteiger partial charge in [-0.05, 0) is 56.5 Å². The van der Waals surface area contributed by atoms with Crippen LogP contribution in [-0.2, 0) is 6.54 Å². The Balaban J connectivity index is 1.40. The van der Waals surface area contributed by atoms with E-state index in [-0.39, 0.29) is 5.75 Å². The predicted molar refractivity (Wildman–Crippen MR) is 77.5 cm³/mol. The molecule has 0 aromatic heterocycles. The average molecular weight is 296 g/mol. The maximum absolute atomic E-state index is 12.1. The van der Waals surface area contributed by atoms with Gasteiger partial charge in [0.15, 0.2) is 0 Å². The van der Waals surface area contributed by atoms with Crippen molar-refractivity contribution in [3.63, 3.8) is 0 Å². The van der Waals surface area contributed by atoms with Crippen molar-refractivity contribution in [1.82, 2.24) is 10.2 Å². The van der Waals surface area contributed by atoms with E-state index in [1.807, 2.05) is 12.1 Å². The largest absolute Gasteiger partial charge is 0.435 e. The third-order valence-corrected chi connectivity index (χ3v) is 4.34. The summed E-state index contributed by atoms with van der Waals surface area (Å²) in [6.07, 6.45) is 5.16. The van der Waals surface area contributed by atoms with Crippen LogP contribution in [0.3, 0.4) is 0 Å². The van der Waals surface area contributed by atoms with Crippen LogP contribution in [-0.4, -0.2) is 36.7 Å². The van der Waals surface area contributed by atoms with E-state index in [0.29, 0.717) is 6.04 Å². The van der Waals surface area contributed by atoms with Crippen LogP contribution in [0.2, 0.25) is 0 Å². The van der Waals surface area contributed by atoms with Gasteiger partial charge in [-0.3, -0.25) is 0 Å². The van der Waals surface area contributed by atoms with Crippen molar-refractivity contribution in [2.45, 2.75) is 50.9 Å². The number of benzene rings is 1. The Morgan fingerprint density at radius 2 is 1.76 bits per heavy atom. The Morgan fingerprint density at radius 1 is 1.10 bits per heavy atom. The highest BCUT2D eigenvalue weighted by Crippen LogP contribution is 2.29. The van der Waals surface area contributed by atoms with Crippen LogP contribution in [0.25, 0.3) is 0 Å². The number of rotatable bonds is 6. The molecular weight excluding hydrogens is 274 g/mol. The van der Waals surface area contributed by atoms with E-state index in [2.05, 4.69) is 15.0 Å². The Labute approximate surface area is 124 Å². The van der Waals surface area contributed by atoms with Crippen molar-refractivity contribution in [2.75, 3.05) is 13.1 Å². The van der Waals surface area contributed by atoms with Gasteiger partial charge in [0.2, 0.25) is 0 Å². The molecule has 1 aromatic rings. The Bertz CT molecular complexity index is 440. The zero-order chi connectivity index (χ0) is 14.7. The molecule has 2 aliphatic rings. The molecule has 0 atom stereocenters. The fraction of sp³-hybridized carbons (Fsp3) is 0.625. The first-order chi connectivity index (χ1) is 10.2. The fourth-order valence-electron chi connectivity index (χ4n) is 2.96. The third kappa shape index (κ3) is 4.38. The lowest BCUT2D eigenvalue weighted by Gasteiger charge is -2.32. The summed E-state index contributed by atoms with van der Waals surface area (Å²) in [4.78, 5) is 2.61. The lowest BCUT2D eigenvalue weighted by Crippen LogP contribution is -2.43. The first kappa shape index (κ1) is 14.7. The number of nitrogens with one attached hydrogen (secondary N) is 1. The lowest BCUT2D eigenvalue weighted by molar-refractivity contribution is -0.0498. The molecule has 0 bridgehead atoms. The fourth-order valence-corrected chi connectivity index (χ4v) is 2.96. The van der Waals surface area contributed by atoms with Gasteiger partial charge in [-0.1, -0.05) is 12.1 Å². The highest BCUT2D eigenvalue weighted by Gasteiger charge is 2.31. The molecule has 3 nitrogen and oxygen atoms in total. The second-order valence-electron chi connectivity index (χ2n) is 5.94. The Kier molecular flexibility index (Phi) is 4.70. The van der Waals surface area contributed by atoms with Crippen LogP contribution in [0.15, 0.2) is 24.3 Å². The van der Waals surface area contributed by atoms with Gasteiger partial charge in [-0.2, -0.15) is 8.78 Å². The summed E-state index contributed by atoms with van der Waals surface area (Å²) in [5, 5.41) is 3.56. The lowest BCUT2D eigenvalue weighted by atomic mass is 10.0. The van der Waals surface area contributed by atoms with Crippen LogP contribution >= 0.6 is 0 Å². The molecule has 3 rings (SSSR count). The summed E-state index contributed by atoms with van der Waals surface area (Å²) in [6, 6.07) is 8.30. The van der Waals surface area contributed by atoms with Gasteiger partial charge in [0.25, 0.3) is 0 Å². The molecule has 1 aliphatic heterocycles. The molecule has 1 saturated carbocycles. The minimum absolute atomic E-state index is 0.214. The summed E-state index contributed by atoms with van der Waals surface area (Å²) in [5.41, 5.74) is 1.10. The van der Waals surface area contributed by atoms with E-state index in [0.717, 1.165) is 18.2 Å². The zero-order valence-corrected chi connectivity index (χ0v) is 12.1. The summed E-state index contributed by atoms with van der Waals surface area (Å²) in [5.74, 6) is 0.214. The van der Waals surface area contributed by atoms with Gasteiger partial charge in [0, 0.05) is 18.6 Å². The minimum atomic E-state index is -2.76. The maximum Gasteiger partial charge on any atom is 0.387 e. The Hall–Kier alpha value is -1.20. The number of hydrogen-bond donors (Lipinski definition) is 1. The highest BCUT2D eigenvalue weighted by atomic mass is 19.3. The predicted octanol–water partition coefficient (Wildman–Crippen LogP) is 3.00. The van der Waals surface area contributed by atoms with Gasteiger partial charge in [0.05, 0.1) is 0 Å². The van der Waals surface area contributed by atoms with Crippen molar-refractivity contribution in [3.8, 4) is 5.75 Å². The van der Waals surface area contributed by atoms with Crippen molar-refractivity contribution < 1.29 is 13.5 Å². The smallest absolute Gasteiger partial charge is 0.387 e. The maximum atomic E-state index is 12.1. The van der Waals surface area contributed by atoms with Crippen LogP contribution < -0.4 is 10.1 Å². The second-order valence-corrected chi connectivity index (χ2v) is 5.94. The zero-order valence-electron chi connectivity index (χ0n) is 12.1. The SMILES string of the molecule is FC(F)Oc1ccc(CNC2CCN(C3CC3)CC2)cc1. The first-order valence-electron chi connectivity index (χ1n) is 7.72. The molecule has 1 aromatic carbocycles. The molecule has 5 heteroatoms. The molecular formula is C16H22F2N2O. The van der Waals surface area contributed by atoms with Crippen LogP contribution in [0.4, 0.5) is 8.78 Å². The summed E-state index contributed by atoms with van der Waals surface area (Å²) < 4.78 is 28.5. The van der Waals surface area contributed by atoms with E-state index in [9.17, 15) is 8.78 Å². The third-order valence-electron chi connectivity index (χ3n) is 4.34. The summed E-state index contributed by atoms with van der Waals surface area (Å²) >= 11 is 0. The molecule has 0 spiro atoms. The number of alkyl halides is 2. The molecule has 0 unspecified atom stereocenters. The van der Waals surface area contributed by atoms with Gasteiger partial charge in [-0.25, -0.2) is 0 Å². The number of ether oxygens (including phenoxy) is 1. The van der Waals surface area contributed by atoms with Gasteiger partial charge >= 0.3 is 6.61 Å². The molecule has 2 fully saturated rings. The number of piperidine rings is 1. The molecule has 1 aliphatic carbocycles. The highest BCUT2D eigenvalue weighted by molar-refractivity contribution is 5.27. The number of halogens is 2. The quantitative estimate of drug-likeness (QED) is 0.873. The minimum Gasteiger partial charge on any atom is -0.435 e. The topological polar surface area (TPSA) is 24.5 Å². The van der Waals surface area contributed by atoms with E-state index >= 15 is 0 Å².